The summed E-state index contributed by atoms with van der Waals surface area (Å²) < 4.78 is 0. The molecule has 0 amide bonds. The highest BCUT2D eigenvalue weighted by atomic mass is 15.3. The first kappa shape index (κ1) is 31.4. The van der Waals surface area contributed by atoms with E-state index in [9.17, 15) is 0 Å². The van der Waals surface area contributed by atoms with Crippen molar-refractivity contribution in [1.82, 2.24) is 34.9 Å². The molecule has 0 unspecified atom stereocenters. The van der Waals surface area contributed by atoms with Crippen molar-refractivity contribution in [3.63, 3.8) is 0 Å². The lowest BCUT2D eigenvalue weighted by atomic mass is 10.2. The van der Waals surface area contributed by atoms with Crippen LogP contribution in [0, 0.1) is 13.8 Å². The molecule has 0 aromatic carbocycles. The second kappa shape index (κ2) is 15.7. The highest BCUT2D eigenvalue weighted by Gasteiger charge is 2.14. The Morgan fingerprint density at radius 3 is 1.36 bits per heavy atom. The first-order chi connectivity index (χ1) is 22.0. The van der Waals surface area contributed by atoms with Crippen LogP contribution in [0.4, 0.5) is 17.8 Å². The molecule has 5 rings (SSSR count). The Labute approximate surface area is 265 Å². The lowest BCUT2D eigenvalue weighted by molar-refractivity contribution is 0.661. The third kappa shape index (κ3) is 9.01. The number of hydrogen-bond acceptors (Lipinski definition) is 10. The number of aromatic nitrogens is 7. The van der Waals surface area contributed by atoms with Gasteiger partial charge in [0.2, 0.25) is 17.8 Å². The average Bonchev–Trinajstić information content (AvgIpc) is 3.07. The van der Waals surface area contributed by atoms with Gasteiger partial charge in [-0.2, -0.15) is 15.0 Å². The van der Waals surface area contributed by atoms with Crippen LogP contribution in [0.2, 0.25) is 0 Å². The van der Waals surface area contributed by atoms with E-state index < -0.39 is 0 Å². The summed E-state index contributed by atoms with van der Waals surface area (Å²) in [5, 5.41) is 6.79. The van der Waals surface area contributed by atoms with Gasteiger partial charge in [-0.1, -0.05) is 51.0 Å². The molecule has 45 heavy (non-hydrogen) atoms. The van der Waals surface area contributed by atoms with Gasteiger partial charge in [0.15, 0.2) is 0 Å². The molecule has 5 heterocycles. The Morgan fingerprint density at radius 1 is 0.511 bits per heavy atom. The van der Waals surface area contributed by atoms with E-state index in [4.69, 9.17) is 24.9 Å². The van der Waals surface area contributed by atoms with Gasteiger partial charge in [0.1, 0.15) is 0 Å². The Morgan fingerprint density at radius 2 is 0.933 bits per heavy atom. The van der Waals surface area contributed by atoms with Crippen LogP contribution < -0.4 is 15.5 Å². The molecular weight excluding hydrogens is 560 g/mol. The molecule has 0 spiro atoms. The van der Waals surface area contributed by atoms with Gasteiger partial charge in [-0.05, 0) is 75.2 Å². The van der Waals surface area contributed by atoms with Crippen LogP contribution in [0.5, 0.6) is 0 Å². The highest BCUT2D eigenvalue weighted by Crippen LogP contribution is 2.20. The van der Waals surface area contributed by atoms with Gasteiger partial charge in [0.25, 0.3) is 0 Å². The molecule has 10 nitrogen and oxygen atoms in total. The topological polar surface area (TPSA) is 118 Å². The lowest BCUT2D eigenvalue weighted by Gasteiger charge is -2.23. The van der Waals surface area contributed by atoms with Gasteiger partial charge in [0.05, 0.1) is 47.3 Å². The monoisotopic (exact) mass is 602 g/mol. The largest absolute Gasteiger partial charge is 0.348 e. The quantitative estimate of drug-likeness (QED) is 0.129. The van der Waals surface area contributed by atoms with Gasteiger partial charge in [-0.25, -0.2) is 9.97 Å². The highest BCUT2D eigenvalue weighted by molar-refractivity contribution is 5.55. The summed E-state index contributed by atoms with van der Waals surface area (Å²) in [5.41, 5.74) is 7.02. The molecule has 232 valence electrons. The van der Waals surface area contributed by atoms with E-state index in [1.54, 1.807) is 0 Å². The van der Waals surface area contributed by atoms with Crippen molar-refractivity contribution >= 4 is 17.8 Å². The maximum Gasteiger partial charge on any atom is 0.231 e. The van der Waals surface area contributed by atoms with Gasteiger partial charge in [0, 0.05) is 24.5 Å². The standard InChI is InChI=1S/C35H42N10/c1-5-7-21-45(22-8-6-2)35-43-33(36-23-27-15-11-19-31(40-27)29-17-9-13-25(3)38-29)42-34(44-35)37-24-28-16-12-20-32(41-28)30-18-10-14-26(4)39-30/h9-20H,5-8,21-24H2,1-4H3,(H2,36,37,42,43,44). The van der Waals surface area contributed by atoms with E-state index >= 15 is 0 Å². The zero-order valence-corrected chi connectivity index (χ0v) is 26.7. The maximum atomic E-state index is 4.85. The molecule has 5 aromatic heterocycles. The summed E-state index contributed by atoms with van der Waals surface area (Å²) in [6.45, 7) is 11.1. The van der Waals surface area contributed by atoms with E-state index in [1.165, 1.54) is 0 Å². The second-order valence-corrected chi connectivity index (χ2v) is 11.0. The summed E-state index contributed by atoms with van der Waals surface area (Å²) in [4.78, 5) is 35.6. The Bertz CT molecular complexity index is 1570. The Balaban J connectivity index is 1.37. The molecule has 10 heteroatoms. The fourth-order valence-electron chi connectivity index (χ4n) is 4.83. The molecule has 0 bridgehead atoms. The van der Waals surface area contributed by atoms with E-state index in [2.05, 4.69) is 39.3 Å². The van der Waals surface area contributed by atoms with E-state index in [0.717, 1.165) is 84.3 Å². The minimum Gasteiger partial charge on any atom is -0.348 e. The lowest BCUT2D eigenvalue weighted by Crippen LogP contribution is -2.28. The molecular formula is C35H42N10. The summed E-state index contributed by atoms with van der Waals surface area (Å²) >= 11 is 0. The van der Waals surface area contributed by atoms with Gasteiger partial charge in [-0.15, -0.1) is 0 Å². The zero-order valence-electron chi connectivity index (χ0n) is 26.7. The van der Waals surface area contributed by atoms with E-state index in [0.29, 0.717) is 30.9 Å². The number of hydrogen-bond donors (Lipinski definition) is 2. The number of nitrogens with one attached hydrogen (secondary N) is 2. The molecule has 0 saturated heterocycles. The molecule has 0 aliphatic rings. The molecule has 2 N–H and O–H groups in total. The van der Waals surface area contributed by atoms with E-state index in [1.807, 2.05) is 86.6 Å². The van der Waals surface area contributed by atoms with Crippen molar-refractivity contribution in [2.75, 3.05) is 28.6 Å². The summed E-state index contributed by atoms with van der Waals surface area (Å²) in [6.07, 6.45) is 4.32. The van der Waals surface area contributed by atoms with Crippen molar-refractivity contribution in [2.45, 2.75) is 66.5 Å². The van der Waals surface area contributed by atoms with Crippen molar-refractivity contribution in [3.8, 4) is 22.8 Å². The number of nitrogens with zero attached hydrogens (tertiary/aromatic N) is 8. The van der Waals surface area contributed by atoms with Crippen molar-refractivity contribution in [3.05, 3.63) is 95.6 Å². The van der Waals surface area contributed by atoms with Gasteiger partial charge < -0.3 is 15.5 Å². The predicted molar refractivity (Wildman–Crippen MR) is 181 cm³/mol. The smallest absolute Gasteiger partial charge is 0.231 e. The van der Waals surface area contributed by atoms with Crippen LogP contribution in [0.1, 0.15) is 62.3 Å². The number of anilines is 3. The fraction of sp³-hybridized carbons (Fsp3) is 0.343. The van der Waals surface area contributed by atoms with Crippen LogP contribution in [-0.2, 0) is 13.1 Å². The zero-order chi connectivity index (χ0) is 31.4. The van der Waals surface area contributed by atoms with Crippen LogP contribution >= 0.6 is 0 Å². The number of aryl methyl sites for hydroxylation is 2. The molecule has 0 aliphatic carbocycles. The van der Waals surface area contributed by atoms with Crippen LogP contribution in [0.15, 0.2) is 72.8 Å². The first-order valence-corrected chi connectivity index (χ1v) is 15.8. The Hall–Kier alpha value is -4.99. The summed E-state index contributed by atoms with van der Waals surface area (Å²) in [5.74, 6) is 1.65. The van der Waals surface area contributed by atoms with E-state index in [-0.39, 0.29) is 0 Å². The number of unbranched alkanes of at least 4 members (excludes halogenated alkanes) is 2. The van der Waals surface area contributed by atoms with Gasteiger partial charge >= 0.3 is 0 Å². The summed E-state index contributed by atoms with van der Waals surface area (Å²) in [7, 11) is 0. The van der Waals surface area contributed by atoms with Crippen molar-refractivity contribution in [1.29, 1.82) is 0 Å². The summed E-state index contributed by atoms with van der Waals surface area (Å²) in [6, 6.07) is 23.9. The molecule has 0 atom stereocenters. The Kier molecular flexibility index (Phi) is 10.9. The SMILES string of the molecule is CCCCN(CCCC)c1nc(NCc2cccc(-c3cccc(C)n3)n2)nc(NCc2cccc(-c3cccc(C)n3)n2)n1. The minimum absolute atomic E-state index is 0.458. The molecule has 0 aliphatic heterocycles. The predicted octanol–water partition coefficient (Wildman–Crippen LogP) is 7.03. The normalized spacial score (nSPS) is 10.9. The molecule has 0 fully saturated rings. The first-order valence-electron chi connectivity index (χ1n) is 15.8. The average molecular weight is 603 g/mol. The third-order valence-corrected chi connectivity index (χ3v) is 7.24. The minimum atomic E-state index is 0.458. The fourth-order valence-corrected chi connectivity index (χ4v) is 4.83. The van der Waals surface area contributed by atoms with Gasteiger partial charge in [-0.3, -0.25) is 9.97 Å². The van der Waals surface area contributed by atoms with Crippen molar-refractivity contribution in [2.24, 2.45) is 0 Å². The number of pyridine rings is 4. The maximum absolute atomic E-state index is 4.85. The van der Waals surface area contributed by atoms with Crippen LogP contribution in [0.3, 0.4) is 0 Å². The molecule has 5 aromatic rings. The van der Waals surface area contributed by atoms with Crippen LogP contribution in [0.25, 0.3) is 22.8 Å². The third-order valence-electron chi connectivity index (χ3n) is 7.24. The molecule has 0 saturated carbocycles. The van der Waals surface area contributed by atoms with Crippen LogP contribution in [-0.4, -0.2) is 48.0 Å². The number of rotatable bonds is 15. The molecule has 0 radical (unpaired) electrons. The van der Waals surface area contributed by atoms with Crippen molar-refractivity contribution < 1.29 is 0 Å². The second-order valence-electron chi connectivity index (χ2n) is 11.0.